The van der Waals surface area contributed by atoms with E-state index in [9.17, 15) is 4.79 Å². The molecule has 0 radical (unpaired) electrons. The number of benzene rings is 2. The highest BCUT2D eigenvalue weighted by Gasteiger charge is 2.06. The van der Waals surface area contributed by atoms with Crippen LogP contribution in [0.5, 0.6) is 0 Å². The number of nitrogens with zero attached hydrogens (tertiary/aromatic N) is 1. The van der Waals surface area contributed by atoms with Crippen LogP contribution in [0.25, 0.3) is 0 Å². The SMILES string of the molecule is CCCOCc1ccccc1CNC(=NC)NCCc1cccc(C(=O)NC)c1.I. The second kappa shape index (κ2) is 14.8. The minimum absolute atomic E-state index is 0. The summed E-state index contributed by atoms with van der Waals surface area (Å²) >= 11 is 0. The van der Waals surface area contributed by atoms with Gasteiger partial charge in [0.25, 0.3) is 5.91 Å². The maximum atomic E-state index is 11.8. The molecule has 0 bridgehead atoms. The molecule has 1 amide bonds. The fraction of sp³-hybridized carbons (Fsp3) is 0.391. The lowest BCUT2D eigenvalue weighted by Gasteiger charge is -2.14. The first kappa shape index (κ1) is 25.9. The Bertz CT molecular complexity index is 811. The van der Waals surface area contributed by atoms with Crippen LogP contribution in [-0.4, -0.2) is 39.1 Å². The van der Waals surface area contributed by atoms with Gasteiger partial charge in [0.15, 0.2) is 5.96 Å². The summed E-state index contributed by atoms with van der Waals surface area (Å²) in [6.07, 6.45) is 1.82. The summed E-state index contributed by atoms with van der Waals surface area (Å²) in [5.41, 5.74) is 4.17. The van der Waals surface area contributed by atoms with Crippen molar-refractivity contribution < 1.29 is 9.53 Å². The zero-order valence-corrected chi connectivity index (χ0v) is 20.4. The smallest absolute Gasteiger partial charge is 0.251 e. The zero-order valence-electron chi connectivity index (χ0n) is 18.0. The van der Waals surface area contributed by atoms with Crippen molar-refractivity contribution in [2.75, 3.05) is 27.2 Å². The molecule has 0 aliphatic rings. The first-order valence-corrected chi connectivity index (χ1v) is 10.1. The van der Waals surface area contributed by atoms with Gasteiger partial charge in [0.2, 0.25) is 0 Å². The third-order valence-electron chi connectivity index (χ3n) is 4.52. The molecule has 164 valence electrons. The van der Waals surface area contributed by atoms with Crippen LogP contribution < -0.4 is 16.0 Å². The van der Waals surface area contributed by atoms with Crippen LogP contribution >= 0.6 is 24.0 Å². The normalized spacial score (nSPS) is 10.8. The number of rotatable bonds is 10. The number of amides is 1. The second-order valence-electron chi connectivity index (χ2n) is 6.70. The molecule has 3 N–H and O–H groups in total. The van der Waals surface area contributed by atoms with Gasteiger partial charge >= 0.3 is 0 Å². The van der Waals surface area contributed by atoms with E-state index in [-0.39, 0.29) is 29.9 Å². The van der Waals surface area contributed by atoms with Gasteiger partial charge in [0.1, 0.15) is 0 Å². The Balaban J connectivity index is 0.00000450. The minimum atomic E-state index is -0.0705. The van der Waals surface area contributed by atoms with Crippen LogP contribution in [0.1, 0.15) is 40.4 Å². The summed E-state index contributed by atoms with van der Waals surface area (Å²) in [4.78, 5) is 16.1. The molecule has 0 fully saturated rings. The lowest BCUT2D eigenvalue weighted by Crippen LogP contribution is -2.38. The molecule has 2 aromatic carbocycles. The van der Waals surface area contributed by atoms with Gasteiger partial charge < -0.3 is 20.7 Å². The van der Waals surface area contributed by atoms with Crippen LogP contribution in [0.3, 0.4) is 0 Å². The van der Waals surface area contributed by atoms with Gasteiger partial charge in [-0.05, 0) is 41.7 Å². The van der Waals surface area contributed by atoms with E-state index in [2.05, 4.69) is 40.0 Å². The van der Waals surface area contributed by atoms with Crippen LogP contribution in [0.4, 0.5) is 0 Å². The third kappa shape index (κ3) is 8.71. The maximum Gasteiger partial charge on any atom is 0.251 e. The van der Waals surface area contributed by atoms with Gasteiger partial charge in [0.05, 0.1) is 6.61 Å². The lowest BCUT2D eigenvalue weighted by atomic mass is 10.1. The first-order chi connectivity index (χ1) is 14.2. The number of halogens is 1. The summed E-state index contributed by atoms with van der Waals surface area (Å²) in [5, 5.41) is 9.34. The fourth-order valence-electron chi connectivity index (χ4n) is 2.93. The topological polar surface area (TPSA) is 74.8 Å². The molecule has 2 aromatic rings. The highest BCUT2D eigenvalue weighted by atomic mass is 127. The predicted octanol–water partition coefficient (Wildman–Crippen LogP) is 3.50. The van der Waals surface area contributed by atoms with Gasteiger partial charge in [-0.25, -0.2) is 0 Å². The highest BCUT2D eigenvalue weighted by molar-refractivity contribution is 14.0. The Kier molecular flexibility index (Phi) is 12.8. The van der Waals surface area contributed by atoms with Crippen molar-refractivity contribution in [2.45, 2.75) is 32.9 Å². The molecule has 2 rings (SSSR count). The van der Waals surface area contributed by atoms with E-state index in [0.717, 1.165) is 37.5 Å². The van der Waals surface area contributed by atoms with Gasteiger partial charge in [0, 0.05) is 39.4 Å². The van der Waals surface area contributed by atoms with E-state index < -0.39 is 0 Å². The van der Waals surface area contributed by atoms with Crippen LogP contribution in [0, 0.1) is 0 Å². The van der Waals surface area contributed by atoms with Gasteiger partial charge in [-0.3, -0.25) is 9.79 Å². The largest absolute Gasteiger partial charge is 0.377 e. The van der Waals surface area contributed by atoms with Crippen molar-refractivity contribution in [3.63, 3.8) is 0 Å². The number of aliphatic imine (C=N–C) groups is 1. The molecule has 0 heterocycles. The molecule has 0 atom stereocenters. The quantitative estimate of drug-likeness (QED) is 0.193. The molecule has 0 spiro atoms. The molecule has 0 saturated carbocycles. The predicted molar refractivity (Wildman–Crippen MR) is 134 cm³/mol. The number of nitrogens with one attached hydrogen (secondary N) is 3. The number of hydrogen-bond acceptors (Lipinski definition) is 3. The number of carbonyl (C=O) groups excluding carboxylic acids is 1. The Morgan fingerprint density at radius 3 is 2.53 bits per heavy atom. The molecule has 0 aliphatic heterocycles. The molecule has 6 nitrogen and oxygen atoms in total. The van der Waals surface area contributed by atoms with E-state index in [1.165, 1.54) is 11.1 Å². The van der Waals surface area contributed by atoms with Gasteiger partial charge in [-0.15, -0.1) is 24.0 Å². The summed E-state index contributed by atoms with van der Waals surface area (Å²) < 4.78 is 5.69. The lowest BCUT2D eigenvalue weighted by molar-refractivity contribution is 0.0963. The average Bonchev–Trinajstić information content (AvgIpc) is 2.76. The van der Waals surface area contributed by atoms with Crippen molar-refractivity contribution in [3.05, 3.63) is 70.8 Å². The molecule has 30 heavy (non-hydrogen) atoms. The molecule has 0 aliphatic carbocycles. The molecule has 7 heteroatoms. The Labute approximate surface area is 196 Å². The number of hydrogen-bond donors (Lipinski definition) is 3. The summed E-state index contributed by atoms with van der Waals surface area (Å²) in [6, 6.07) is 15.9. The zero-order chi connectivity index (χ0) is 20.9. The average molecular weight is 524 g/mol. The van der Waals surface area contributed by atoms with Gasteiger partial charge in [-0.2, -0.15) is 0 Å². The Morgan fingerprint density at radius 1 is 1.07 bits per heavy atom. The monoisotopic (exact) mass is 524 g/mol. The molecular weight excluding hydrogens is 491 g/mol. The van der Waals surface area contributed by atoms with Crippen LogP contribution in [0.15, 0.2) is 53.5 Å². The molecule has 0 aromatic heterocycles. The van der Waals surface area contributed by atoms with Crippen molar-refractivity contribution in [3.8, 4) is 0 Å². The standard InChI is InChI=1S/C23H32N4O2.HI/c1-4-14-29-17-21-10-6-5-9-20(21)16-27-23(25-3)26-13-12-18-8-7-11-19(15-18)22(28)24-2;/h5-11,15H,4,12-14,16-17H2,1-3H3,(H,24,28)(H2,25,26,27);1H. The molecule has 0 saturated heterocycles. The van der Waals surface area contributed by atoms with Crippen molar-refractivity contribution in [1.29, 1.82) is 0 Å². The summed E-state index contributed by atoms with van der Waals surface area (Å²) in [6.45, 7) is 4.90. The minimum Gasteiger partial charge on any atom is -0.377 e. The van der Waals surface area contributed by atoms with Crippen molar-refractivity contribution in [2.24, 2.45) is 4.99 Å². The van der Waals surface area contributed by atoms with Crippen LogP contribution in [0.2, 0.25) is 0 Å². The number of carbonyl (C=O) groups is 1. The van der Waals surface area contributed by atoms with Crippen molar-refractivity contribution >= 4 is 35.8 Å². The Hall–Kier alpha value is -2.13. The van der Waals surface area contributed by atoms with Gasteiger partial charge in [-0.1, -0.05) is 43.3 Å². The second-order valence-corrected chi connectivity index (χ2v) is 6.70. The van der Waals surface area contributed by atoms with E-state index >= 15 is 0 Å². The molecule has 0 unspecified atom stereocenters. The fourth-order valence-corrected chi connectivity index (χ4v) is 2.93. The van der Waals surface area contributed by atoms with E-state index in [0.29, 0.717) is 18.7 Å². The first-order valence-electron chi connectivity index (χ1n) is 10.1. The van der Waals surface area contributed by atoms with Crippen molar-refractivity contribution in [1.82, 2.24) is 16.0 Å². The number of ether oxygens (including phenoxy) is 1. The van der Waals surface area contributed by atoms with E-state index in [1.54, 1.807) is 14.1 Å². The third-order valence-corrected chi connectivity index (χ3v) is 4.52. The van der Waals surface area contributed by atoms with E-state index in [4.69, 9.17) is 4.74 Å². The Morgan fingerprint density at radius 2 is 1.83 bits per heavy atom. The summed E-state index contributed by atoms with van der Waals surface area (Å²) in [5.74, 6) is 0.676. The summed E-state index contributed by atoms with van der Waals surface area (Å²) in [7, 11) is 3.40. The number of guanidine groups is 1. The molecular formula is C23H33IN4O2. The van der Waals surface area contributed by atoms with Crippen LogP contribution in [-0.2, 0) is 24.3 Å². The highest BCUT2D eigenvalue weighted by Crippen LogP contribution is 2.10. The maximum absolute atomic E-state index is 11.8. The van der Waals surface area contributed by atoms with E-state index in [1.807, 2.05) is 36.4 Å².